The summed E-state index contributed by atoms with van der Waals surface area (Å²) in [4.78, 5) is 33.8. The third kappa shape index (κ3) is 8.44. The van der Waals surface area contributed by atoms with Gasteiger partial charge < -0.3 is 14.8 Å². The number of esters is 1. The number of unbranched alkanes of at least 4 members (excludes halogenated alkanes) is 1. The second kappa shape index (κ2) is 10.7. The molecule has 0 aliphatic heterocycles. The van der Waals surface area contributed by atoms with Gasteiger partial charge in [-0.2, -0.15) is 0 Å². The minimum Gasteiger partial charge on any atom is -0.460 e. The van der Waals surface area contributed by atoms with Crippen LogP contribution in [0.15, 0.2) is 24.3 Å². The summed E-state index contributed by atoms with van der Waals surface area (Å²) in [6, 6.07) is 7.50. The van der Waals surface area contributed by atoms with Crippen LogP contribution in [0, 0.1) is 0 Å². The largest absolute Gasteiger partial charge is 0.460 e. The zero-order valence-corrected chi connectivity index (χ0v) is 20.4. The Morgan fingerprint density at radius 1 is 0.969 bits per heavy atom. The lowest BCUT2D eigenvalue weighted by atomic mass is 10.1. The van der Waals surface area contributed by atoms with Gasteiger partial charge in [-0.3, -0.25) is 4.79 Å². The molecule has 0 radical (unpaired) electrons. The number of aromatic nitrogens is 2. The number of hydrogen-bond donors (Lipinski definition) is 1. The Kier molecular flexibility index (Phi) is 8.58. The fourth-order valence-corrected chi connectivity index (χ4v) is 3.26. The Bertz CT molecular complexity index is 929. The smallest absolute Gasteiger partial charge is 0.408 e. The molecule has 1 aromatic heterocycles. The van der Waals surface area contributed by atoms with Crippen LogP contribution in [0.5, 0.6) is 0 Å². The van der Waals surface area contributed by atoms with E-state index in [4.69, 9.17) is 19.4 Å². The average molecular weight is 444 g/mol. The molecule has 0 spiro atoms. The average Bonchev–Trinajstić information content (AvgIpc) is 2.66. The lowest BCUT2D eigenvalue weighted by Crippen LogP contribution is -2.35. The van der Waals surface area contributed by atoms with Gasteiger partial charge in [-0.25, -0.2) is 14.8 Å². The molecule has 1 amide bonds. The van der Waals surface area contributed by atoms with Crippen LogP contribution in [0.4, 0.5) is 4.79 Å². The van der Waals surface area contributed by atoms with Crippen LogP contribution in [0.2, 0.25) is 0 Å². The Labute approximate surface area is 191 Å². The molecule has 1 atom stereocenters. The van der Waals surface area contributed by atoms with Crippen LogP contribution >= 0.6 is 0 Å². The number of hydrogen-bond acceptors (Lipinski definition) is 6. The van der Waals surface area contributed by atoms with E-state index in [0.29, 0.717) is 25.1 Å². The Morgan fingerprint density at radius 2 is 1.62 bits per heavy atom. The van der Waals surface area contributed by atoms with Gasteiger partial charge >= 0.3 is 12.1 Å². The van der Waals surface area contributed by atoms with E-state index in [2.05, 4.69) is 5.32 Å². The van der Waals surface area contributed by atoms with E-state index < -0.39 is 17.3 Å². The molecule has 176 valence electrons. The number of alkyl carbamates (subject to hydrolysis) is 1. The van der Waals surface area contributed by atoms with Crippen molar-refractivity contribution in [2.45, 2.75) is 97.8 Å². The van der Waals surface area contributed by atoms with Crippen molar-refractivity contribution in [1.29, 1.82) is 0 Å². The van der Waals surface area contributed by atoms with Crippen molar-refractivity contribution < 1.29 is 19.1 Å². The number of aryl methyl sites for hydroxylation is 1. The molecule has 1 N–H and O–H groups in total. The van der Waals surface area contributed by atoms with Crippen LogP contribution in [0.1, 0.15) is 91.7 Å². The second-order valence-corrected chi connectivity index (χ2v) is 9.95. The molecule has 2 rings (SSSR count). The van der Waals surface area contributed by atoms with Gasteiger partial charge in [0, 0.05) is 11.8 Å². The van der Waals surface area contributed by atoms with E-state index in [0.717, 1.165) is 29.4 Å². The zero-order valence-electron chi connectivity index (χ0n) is 20.4. The van der Waals surface area contributed by atoms with Crippen LogP contribution in [0.25, 0.3) is 10.9 Å². The van der Waals surface area contributed by atoms with Crippen LogP contribution < -0.4 is 5.32 Å². The van der Waals surface area contributed by atoms with E-state index >= 15 is 0 Å². The number of para-hydroxylation sites is 1. The summed E-state index contributed by atoms with van der Waals surface area (Å²) in [7, 11) is 0. The highest BCUT2D eigenvalue weighted by Gasteiger charge is 2.22. The van der Waals surface area contributed by atoms with Gasteiger partial charge in [-0.05, 0) is 73.3 Å². The molecule has 0 aliphatic rings. The van der Waals surface area contributed by atoms with Gasteiger partial charge in [0.15, 0.2) is 5.82 Å². The quantitative estimate of drug-likeness (QED) is 0.418. The van der Waals surface area contributed by atoms with Gasteiger partial charge in [-0.15, -0.1) is 0 Å². The third-order valence-electron chi connectivity index (χ3n) is 4.57. The van der Waals surface area contributed by atoms with Crippen molar-refractivity contribution >= 4 is 23.0 Å². The number of amides is 1. The molecule has 7 heteroatoms. The molecule has 0 saturated carbocycles. The molecule has 0 aliphatic carbocycles. The molecule has 1 heterocycles. The standard InChI is InChI=1S/C25H37N3O4/c1-8-18(28-23(30)32-25(5,6)7)22-26-19-14-10-9-13-17(19)20(27-22)15-11-12-16-21(29)31-24(2,3)4/h9-10,13-14,18H,8,11-12,15-16H2,1-7H3,(H,28,30)/t18-/m0/s1. The fourth-order valence-electron chi connectivity index (χ4n) is 3.26. The highest BCUT2D eigenvalue weighted by Crippen LogP contribution is 2.22. The summed E-state index contributed by atoms with van der Waals surface area (Å²) in [5, 5.41) is 3.87. The van der Waals surface area contributed by atoms with Crippen molar-refractivity contribution in [2.75, 3.05) is 0 Å². The number of fused-ring (bicyclic) bond motifs is 1. The van der Waals surface area contributed by atoms with E-state index in [-0.39, 0.29) is 12.0 Å². The van der Waals surface area contributed by atoms with E-state index in [1.165, 1.54) is 0 Å². The van der Waals surface area contributed by atoms with Crippen molar-refractivity contribution in [3.63, 3.8) is 0 Å². The van der Waals surface area contributed by atoms with E-state index in [1.54, 1.807) is 0 Å². The number of carbonyl (C=O) groups is 2. The summed E-state index contributed by atoms with van der Waals surface area (Å²) in [5.41, 5.74) is 0.708. The predicted octanol–water partition coefficient (Wildman–Crippen LogP) is 5.66. The Hall–Kier alpha value is -2.70. The van der Waals surface area contributed by atoms with Crippen molar-refractivity contribution in [1.82, 2.24) is 15.3 Å². The normalized spacial score (nSPS) is 13.0. The van der Waals surface area contributed by atoms with Crippen LogP contribution in [-0.2, 0) is 20.7 Å². The lowest BCUT2D eigenvalue weighted by Gasteiger charge is -2.23. The first-order valence-electron chi connectivity index (χ1n) is 11.3. The number of nitrogens with one attached hydrogen (secondary N) is 1. The van der Waals surface area contributed by atoms with Crippen molar-refractivity contribution in [3.05, 3.63) is 35.8 Å². The second-order valence-electron chi connectivity index (χ2n) is 9.95. The molecule has 0 bridgehead atoms. The molecule has 2 aromatic rings. The molecule has 1 aromatic carbocycles. The maximum atomic E-state index is 12.3. The van der Waals surface area contributed by atoms with Crippen LogP contribution in [0.3, 0.4) is 0 Å². The first-order chi connectivity index (χ1) is 14.9. The summed E-state index contributed by atoms with van der Waals surface area (Å²) >= 11 is 0. The topological polar surface area (TPSA) is 90.4 Å². The third-order valence-corrected chi connectivity index (χ3v) is 4.57. The Morgan fingerprint density at radius 3 is 2.25 bits per heavy atom. The maximum absolute atomic E-state index is 12.3. The molecule has 0 saturated heterocycles. The number of nitrogens with zero attached hydrogens (tertiary/aromatic N) is 2. The molecule has 32 heavy (non-hydrogen) atoms. The first kappa shape index (κ1) is 25.6. The number of rotatable bonds is 8. The SMILES string of the molecule is CC[C@H](NC(=O)OC(C)(C)C)c1nc(CCCCC(=O)OC(C)(C)C)c2ccccc2n1. The zero-order chi connectivity index (χ0) is 23.9. The summed E-state index contributed by atoms with van der Waals surface area (Å²) < 4.78 is 10.8. The van der Waals surface area contributed by atoms with E-state index in [9.17, 15) is 9.59 Å². The van der Waals surface area contributed by atoms with Gasteiger partial charge in [0.2, 0.25) is 0 Å². The fraction of sp³-hybridized carbons (Fsp3) is 0.600. The van der Waals surface area contributed by atoms with Gasteiger partial charge in [0.25, 0.3) is 0 Å². The molecule has 0 fully saturated rings. The molecular formula is C25H37N3O4. The molecular weight excluding hydrogens is 406 g/mol. The van der Waals surface area contributed by atoms with Crippen molar-refractivity contribution in [3.8, 4) is 0 Å². The van der Waals surface area contributed by atoms with Gasteiger partial charge in [-0.1, -0.05) is 25.1 Å². The predicted molar refractivity (Wildman–Crippen MR) is 125 cm³/mol. The maximum Gasteiger partial charge on any atom is 0.408 e. The number of benzene rings is 1. The number of ether oxygens (including phenoxy) is 2. The highest BCUT2D eigenvalue weighted by atomic mass is 16.6. The minimum atomic E-state index is -0.577. The lowest BCUT2D eigenvalue weighted by molar-refractivity contribution is -0.154. The number of carbonyl (C=O) groups excluding carboxylic acids is 2. The summed E-state index contributed by atoms with van der Waals surface area (Å²) in [5.74, 6) is 0.387. The highest BCUT2D eigenvalue weighted by molar-refractivity contribution is 5.81. The molecule has 7 nitrogen and oxygen atoms in total. The van der Waals surface area contributed by atoms with Gasteiger partial charge in [0.1, 0.15) is 11.2 Å². The summed E-state index contributed by atoms with van der Waals surface area (Å²) in [6.45, 7) is 13.1. The molecule has 0 unspecified atom stereocenters. The van der Waals surface area contributed by atoms with Crippen LogP contribution in [-0.4, -0.2) is 33.2 Å². The van der Waals surface area contributed by atoms with Crippen molar-refractivity contribution in [2.24, 2.45) is 0 Å². The van der Waals surface area contributed by atoms with E-state index in [1.807, 2.05) is 72.7 Å². The first-order valence-corrected chi connectivity index (χ1v) is 11.3. The minimum absolute atomic E-state index is 0.182. The Balaban J connectivity index is 2.14. The summed E-state index contributed by atoms with van der Waals surface area (Å²) in [6.07, 6.45) is 2.76. The monoisotopic (exact) mass is 443 g/mol. The van der Waals surface area contributed by atoms with Gasteiger partial charge in [0.05, 0.1) is 17.3 Å².